The standard InChI is InChI=1S/C6H11ClO/c1-5(3-4-7)6(2)8/h5H,3-4H2,1-2H3/t5-/m1/s1. The lowest BCUT2D eigenvalue weighted by Gasteiger charge is -2.00. The van der Waals surface area contributed by atoms with Gasteiger partial charge in [-0.1, -0.05) is 6.92 Å². The van der Waals surface area contributed by atoms with Crippen LogP contribution in [0.4, 0.5) is 0 Å². The first-order chi connectivity index (χ1) is 3.68. The highest BCUT2D eigenvalue weighted by molar-refractivity contribution is 6.17. The van der Waals surface area contributed by atoms with Crippen molar-refractivity contribution in [3.8, 4) is 0 Å². The van der Waals surface area contributed by atoms with Gasteiger partial charge in [0.1, 0.15) is 5.78 Å². The van der Waals surface area contributed by atoms with Crippen molar-refractivity contribution < 1.29 is 4.79 Å². The molecule has 0 aliphatic carbocycles. The number of Topliss-reactive ketones (excluding diaryl/α,β-unsaturated/α-hetero) is 1. The van der Waals surface area contributed by atoms with Crippen LogP contribution in [0, 0.1) is 5.92 Å². The van der Waals surface area contributed by atoms with Gasteiger partial charge in [0.25, 0.3) is 0 Å². The van der Waals surface area contributed by atoms with Crippen LogP contribution in [-0.4, -0.2) is 11.7 Å². The highest BCUT2D eigenvalue weighted by Crippen LogP contribution is 2.02. The summed E-state index contributed by atoms with van der Waals surface area (Å²) < 4.78 is 0. The fourth-order valence-corrected chi connectivity index (χ4v) is 0.694. The number of carbonyl (C=O) groups excluding carboxylic acids is 1. The lowest BCUT2D eigenvalue weighted by molar-refractivity contribution is -0.120. The summed E-state index contributed by atoms with van der Waals surface area (Å²) in [7, 11) is 0. The van der Waals surface area contributed by atoms with Gasteiger partial charge in [0.15, 0.2) is 0 Å². The number of halogens is 1. The molecule has 0 saturated carbocycles. The van der Waals surface area contributed by atoms with E-state index >= 15 is 0 Å². The zero-order valence-corrected chi connectivity index (χ0v) is 6.03. The molecule has 0 rings (SSSR count). The molecule has 0 heterocycles. The van der Waals surface area contributed by atoms with Crippen LogP contribution in [0.3, 0.4) is 0 Å². The van der Waals surface area contributed by atoms with Crippen molar-refractivity contribution in [3.05, 3.63) is 0 Å². The largest absolute Gasteiger partial charge is 0.300 e. The third-order valence-electron chi connectivity index (χ3n) is 1.24. The minimum absolute atomic E-state index is 0.146. The van der Waals surface area contributed by atoms with Gasteiger partial charge < -0.3 is 0 Å². The predicted octanol–water partition coefficient (Wildman–Crippen LogP) is 1.84. The smallest absolute Gasteiger partial charge is 0.132 e. The van der Waals surface area contributed by atoms with Gasteiger partial charge in [0.2, 0.25) is 0 Å². The van der Waals surface area contributed by atoms with Crippen LogP contribution < -0.4 is 0 Å². The molecule has 0 amide bonds. The molecule has 1 atom stereocenters. The van der Waals surface area contributed by atoms with Crippen molar-refractivity contribution in [3.63, 3.8) is 0 Å². The maximum atomic E-state index is 10.5. The molecule has 0 saturated heterocycles. The highest BCUT2D eigenvalue weighted by Gasteiger charge is 2.04. The quantitative estimate of drug-likeness (QED) is 0.539. The molecule has 0 aliphatic rings. The van der Waals surface area contributed by atoms with E-state index in [2.05, 4.69) is 0 Å². The van der Waals surface area contributed by atoms with Gasteiger partial charge in [-0.25, -0.2) is 0 Å². The fraction of sp³-hybridized carbons (Fsp3) is 0.833. The molecule has 0 N–H and O–H groups in total. The lowest BCUT2D eigenvalue weighted by Crippen LogP contribution is -2.05. The van der Waals surface area contributed by atoms with Crippen LogP contribution >= 0.6 is 11.6 Å². The summed E-state index contributed by atoms with van der Waals surface area (Å²) in [5.41, 5.74) is 0. The molecule has 0 aromatic carbocycles. The SMILES string of the molecule is CC(=O)[C@H](C)CCCl. The van der Waals surface area contributed by atoms with Gasteiger partial charge in [0.05, 0.1) is 0 Å². The summed E-state index contributed by atoms with van der Waals surface area (Å²) in [6, 6.07) is 0. The minimum atomic E-state index is 0.146. The van der Waals surface area contributed by atoms with Gasteiger partial charge in [0, 0.05) is 11.8 Å². The van der Waals surface area contributed by atoms with Crippen LogP contribution in [0.2, 0.25) is 0 Å². The van der Waals surface area contributed by atoms with Gasteiger partial charge >= 0.3 is 0 Å². The Labute approximate surface area is 55.0 Å². The summed E-state index contributed by atoms with van der Waals surface area (Å²) in [5, 5.41) is 0. The Balaban J connectivity index is 3.32. The van der Waals surface area contributed by atoms with E-state index in [0.717, 1.165) is 6.42 Å². The maximum absolute atomic E-state index is 10.5. The van der Waals surface area contributed by atoms with Crippen LogP contribution in [-0.2, 0) is 4.79 Å². The third kappa shape index (κ3) is 3.03. The Morgan fingerprint density at radius 2 is 2.25 bits per heavy atom. The molecule has 2 heteroatoms. The summed E-state index contributed by atoms with van der Waals surface area (Å²) in [5.74, 6) is 0.957. The molecule has 0 spiro atoms. The van der Waals surface area contributed by atoms with Crippen LogP contribution in [0.25, 0.3) is 0 Å². The van der Waals surface area contributed by atoms with Crippen molar-refractivity contribution in [2.24, 2.45) is 5.92 Å². The second-order valence-corrected chi connectivity index (χ2v) is 2.37. The highest BCUT2D eigenvalue weighted by atomic mass is 35.5. The van der Waals surface area contributed by atoms with E-state index in [1.54, 1.807) is 6.92 Å². The number of hydrogen-bond donors (Lipinski definition) is 0. The van der Waals surface area contributed by atoms with E-state index in [9.17, 15) is 4.79 Å². The number of hydrogen-bond acceptors (Lipinski definition) is 1. The monoisotopic (exact) mass is 134 g/mol. The Kier molecular flexibility index (Phi) is 3.88. The first kappa shape index (κ1) is 7.96. The van der Waals surface area contributed by atoms with E-state index < -0.39 is 0 Å². The first-order valence-corrected chi connectivity index (χ1v) is 3.28. The first-order valence-electron chi connectivity index (χ1n) is 2.75. The van der Waals surface area contributed by atoms with Crippen LogP contribution in [0.15, 0.2) is 0 Å². The molecule has 1 nitrogen and oxygen atoms in total. The molecule has 0 aromatic rings. The lowest BCUT2D eigenvalue weighted by atomic mass is 10.1. The molecule has 0 unspecified atom stereocenters. The van der Waals surface area contributed by atoms with Crippen LogP contribution in [0.1, 0.15) is 20.3 Å². The third-order valence-corrected chi connectivity index (χ3v) is 1.45. The molecule has 48 valence electrons. The van der Waals surface area contributed by atoms with Crippen LogP contribution in [0.5, 0.6) is 0 Å². The van der Waals surface area contributed by atoms with Crippen molar-refractivity contribution in [1.82, 2.24) is 0 Å². The van der Waals surface area contributed by atoms with Gasteiger partial charge in [-0.05, 0) is 13.3 Å². The van der Waals surface area contributed by atoms with E-state index in [1.807, 2.05) is 6.92 Å². The Morgan fingerprint density at radius 1 is 1.75 bits per heavy atom. The maximum Gasteiger partial charge on any atom is 0.132 e. The summed E-state index contributed by atoms with van der Waals surface area (Å²) in [6.07, 6.45) is 0.802. The zero-order valence-electron chi connectivity index (χ0n) is 5.28. The molecule has 0 bridgehead atoms. The average molecular weight is 135 g/mol. The Hall–Kier alpha value is -0.0400. The van der Waals surface area contributed by atoms with E-state index in [1.165, 1.54) is 0 Å². The fourth-order valence-electron chi connectivity index (χ4n) is 0.367. The van der Waals surface area contributed by atoms with Crippen molar-refractivity contribution >= 4 is 17.4 Å². The zero-order chi connectivity index (χ0) is 6.57. The summed E-state index contributed by atoms with van der Waals surface area (Å²) >= 11 is 5.39. The molecule has 0 aliphatic heterocycles. The molecule has 0 radical (unpaired) electrons. The second-order valence-electron chi connectivity index (χ2n) is 1.99. The summed E-state index contributed by atoms with van der Waals surface area (Å²) in [6.45, 7) is 3.49. The number of rotatable bonds is 3. The Bertz CT molecular complexity index is 80.6. The van der Waals surface area contributed by atoms with Gasteiger partial charge in [-0.15, -0.1) is 11.6 Å². The topological polar surface area (TPSA) is 17.1 Å². The second kappa shape index (κ2) is 3.90. The molecular formula is C6H11ClO. The minimum Gasteiger partial charge on any atom is -0.300 e. The number of alkyl halides is 1. The number of carbonyl (C=O) groups is 1. The normalized spacial score (nSPS) is 13.4. The Morgan fingerprint density at radius 3 is 2.38 bits per heavy atom. The van der Waals surface area contributed by atoms with Crippen molar-refractivity contribution in [2.75, 3.05) is 5.88 Å². The number of ketones is 1. The van der Waals surface area contributed by atoms with Gasteiger partial charge in [-0.3, -0.25) is 4.79 Å². The van der Waals surface area contributed by atoms with Gasteiger partial charge in [-0.2, -0.15) is 0 Å². The molecular weight excluding hydrogens is 124 g/mol. The van der Waals surface area contributed by atoms with E-state index in [-0.39, 0.29) is 11.7 Å². The summed E-state index contributed by atoms with van der Waals surface area (Å²) in [4.78, 5) is 10.5. The molecule has 0 fully saturated rings. The van der Waals surface area contributed by atoms with Crippen molar-refractivity contribution in [2.45, 2.75) is 20.3 Å². The molecule has 8 heavy (non-hydrogen) atoms. The van der Waals surface area contributed by atoms with Crippen molar-refractivity contribution in [1.29, 1.82) is 0 Å². The van der Waals surface area contributed by atoms with E-state index in [4.69, 9.17) is 11.6 Å². The van der Waals surface area contributed by atoms with E-state index in [0.29, 0.717) is 5.88 Å². The predicted molar refractivity (Wildman–Crippen MR) is 35.2 cm³/mol. The average Bonchev–Trinajstić information content (AvgIpc) is 1.67. The molecule has 0 aromatic heterocycles.